The van der Waals surface area contributed by atoms with Gasteiger partial charge in [-0.3, -0.25) is 9.80 Å². The molecule has 0 saturated heterocycles. The predicted molar refractivity (Wildman–Crippen MR) is 253 cm³/mol. The van der Waals surface area contributed by atoms with Crippen LogP contribution in [0.15, 0.2) is 0 Å². The summed E-state index contributed by atoms with van der Waals surface area (Å²) in [5.41, 5.74) is 0. The largest absolute Gasteiger partial charge is 0.294 e. The van der Waals surface area contributed by atoms with E-state index in [-0.39, 0.29) is 0 Å². The highest BCUT2D eigenvalue weighted by Gasteiger charge is 2.60. The molecule has 2 nitrogen and oxygen atoms in total. The van der Waals surface area contributed by atoms with Crippen LogP contribution in [0.1, 0.15) is 257 Å². The lowest BCUT2D eigenvalue weighted by molar-refractivity contribution is -0.162. The van der Waals surface area contributed by atoms with Gasteiger partial charge in [0.1, 0.15) is 0 Å². The van der Waals surface area contributed by atoms with Crippen molar-refractivity contribution in [3.63, 3.8) is 0 Å². The van der Waals surface area contributed by atoms with E-state index in [4.69, 9.17) is 0 Å². The molecule has 340 valence electrons. The molecule has 0 radical (unpaired) electrons. The molecular weight excluding hydrogens is 725 g/mol. The Bertz CT molecular complexity index is 1180. The van der Waals surface area contributed by atoms with Crippen LogP contribution in [0.3, 0.4) is 0 Å². The Morgan fingerprint density at radius 2 is 0.433 bits per heavy atom. The number of nitrogens with zero attached hydrogens (tertiary/aromatic N) is 2. The summed E-state index contributed by atoms with van der Waals surface area (Å²) >= 11 is 0. The van der Waals surface area contributed by atoms with Crippen molar-refractivity contribution in [1.82, 2.24) is 9.80 Å². The van der Waals surface area contributed by atoms with Crippen molar-refractivity contribution in [2.24, 2.45) is 71.0 Å². The zero-order valence-corrected chi connectivity index (χ0v) is 39.6. The minimum Gasteiger partial charge on any atom is -0.294 e. The van der Waals surface area contributed by atoms with Gasteiger partial charge in [0.15, 0.2) is 0 Å². The van der Waals surface area contributed by atoms with Gasteiger partial charge >= 0.3 is 0 Å². The van der Waals surface area contributed by atoms with Gasteiger partial charge in [-0.2, -0.15) is 0 Å². The minimum atomic E-state index is 0.912. The predicted octanol–water partition coefficient (Wildman–Crippen LogP) is 15.9. The van der Waals surface area contributed by atoms with Crippen LogP contribution in [-0.2, 0) is 0 Å². The summed E-state index contributed by atoms with van der Waals surface area (Å²) in [6.07, 6.45) is 62.8. The summed E-state index contributed by atoms with van der Waals surface area (Å²) in [7, 11) is 0. The highest BCUT2D eigenvalue weighted by Crippen LogP contribution is 2.61. The molecule has 0 aromatic rings. The lowest BCUT2D eigenvalue weighted by Crippen LogP contribution is -2.69. The van der Waals surface area contributed by atoms with Crippen LogP contribution in [0.4, 0.5) is 0 Å². The summed E-state index contributed by atoms with van der Waals surface area (Å²) in [4.78, 5) is 7.15. The molecule has 0 spiro atoms. The summed E-state index contributed by atoms with van der Waals surface area (Å²) in [6.45, 7) is 0. The average Bonchev–Trinajstić information content (AvgIpc) is 3.33. The molecule has 60 heavy (non-hydrogen) atoms. The van der Waals surface area contributed by atoms with Crippen molar-refractivity contribution < 1.29 is 0 Å². The lowest BCUT2D eigenvalue weighted by Gasteiger charge is -2.66. The fraction of sp³-hybridized carbons (Fsp3) is 1.00. The van der Waals surface area contributed by atoms with E-state index in [1.807, 2.05) is 0 Å². The number of hydrogen-bond donors (Lipinski definition) is 0. The molecule has 0 heterocycles. The van der Waals surface area contributed by atoms with Crippen LogP contribution >= 0.6 is 0 Å². The van der Waals surface area contributed by atoms with E-state index < -0.39 is 0 Å². The Morgan fingerprint density at radius 3 is 0.783 bits per heavy atom. The van der Waals surface area contributed by atoms with Gasteiger partial charge in [-0.25, -0.2) is 0 Å². The van der Waals surface area contributed by atoms with Gasteiger partial charge in [0, 0.05) is 36.3 Å². The van der Waals surface area contributed by atoms with E-state index in [1.165, 1.54) is 77.0 Å². The highest BCUT2D eigenvalue weighted by molar-refractivity contribution is 5.12. The molecule has 14 atom stereocenters. The third-order valence-electron chi connectivity index (χ3n) is 22.9. The Labute approximate surface area is 372 Å². The third kappa shape index (κ3) is 8.81. The SMILES string of the molecule is C1CCC(N(C2CCCCC2)C2C3CCC(C4CCC5CCCCC5C4)CC3C(N(C3CCCCC3)C3CCCCC3)C3CCC(C4CCC5CCCCC5C4)CC32)CC1. The Hall–Kier alpha value is -0.0800. The summed E-state index contributed by atoms with van der Waals surface area (Å²) in [6, 6.07) is 5.49. The first-order valence-electron chi connectivity index (χ1n) is 29.3. The van der Waals surface area contributed by atoms with E-state index in [0.29, 0.717) is 0 Å². The molecule has 0 aromatic heterocycles. The normalized spacial score (nSPS) is 45.7. The molecule has 11 saturated carbocycles. The van der Waals surface area contributed by atoms with Crippen LogP contribution < -0.4 is 0 Å². The van der Waals surface area contributed by atoms with Gasteiger partial charge in [-0.1, -0.05) is 128 Å². The molecule has 11 rings (SSSR count). The first-order chi connectivity index (χ1) is 29.8. The Morgan fingerprint density at radius 1 is 0.183 bits per heavy atom. The molecule has 11 aliphatic carbocycles. The number of rotatable bonds is 8. The van der Waals surface area contributed by atoms with E-state index in [9.17, 15) is 0 Å². The van der Waals surface area contributed by atoms with Crippen LogP contribution in [0.2, 0.25) is 0 Å². The van der Waals surface area contributed by atoms with Crippen molar-refractivity contribution in [2.45, 2.75) is 293 Å². The highest BCUT2D eigenvalue weighted by atomic mass is 15.3. The quantitative estimate of drug-likeness (QED) is 0.241. The van der Waals surface area contributed by atoms with Gasteiger partial charge in [0.2, 0.25) is 0 Å². The van der Waals surface area contributed by atoms with Crippen LogP contribution in [0.5, 0.6) is 0 Å². The molecule has 2 heteroatoms. The van der Waals surface area contributed by atoms with E-state index in [1.54, 1.807) is 180 Å². The molecule has 0 aromatic carbocycles. The van der Waals surface area contributed by atoms with E-state index >= 15 is 0 Å². The maximum Gasteiger partial charge on any atom is 0.0164 e. The zero-order chi connectivity index (χ0) is 39.8. The van der Waals surface area contributed by atoms with Gasteiger partial charge in [0.25, 0.3) is 0 Å². The second-order valence-electron chi connectivity index (χ2n) is 25.6. The summed E-state index contributed by atoms with van der Waals surface area (Å²) < 4.78 is 0. The van der Waals surface area contributed by atoms with Crippen molar-refractivity contribution in [3.05, 3.63) is 0 Å². The van der Waals surface area contributed by atoms with Crippen molar-refractivity contribution >= 4 is 0 Å². The fourth-order valence-electron chi connectivity index (χ4n) is 20.3. The number of fused-ring (bicyclic) bond motifs is 4. The first-order valence-corrected chi connectivity index (χ1v) is 29.3. The number of hydrogen-bond acceptors (Lipinski definition) is 2. The minimum absolute atomic E-state index is 0.912. The first kappa shape index (κ1) is 42.5. The monoisotopic (exact) mass is 823 g/mol. The van der Waals surface area contributed by atoms with Crippen LogP contribution in [0, 0.1) is 71.0 Å². The van der Waals surface area contributed by atoms with Crippen LogP contribution in [0.25, 0.3) is 0 Å². The smallest absolute Gasteiger partial charge is 0.0164 e. The van der Waals surface area contributed by atoms with Gasteiger partial charge in [0.05, 0.1) is 0 Å². The Kier molecular flexibility index (Phi) is 14.0. The van der Waals surface area contributed by atoms with Crippen molar-refractivity contribution in [2.75, 3.05) is 0 Å². The maximum absolute atomic E-state index is 3.57. The van der Waals surface area contributed by atoms with Gasteiger partial charge in [-0.15, -0.1) is 0 Å². The lowest BCUT2D eigenvalue weighted by atomic mass is 9.49. The molecule has 0 N–H and O–H groups in total. The second-order valence-corrected chi connectivity index (χ2v) is 25.6. The van der Waals surface area contributed by atoms with Crippen molar-refractivity contribution in [1.29, 1.82) is 0 Å². The molecule has 0 aliphatic heterocycles. The molecule has 14 unspecified atom stereocenters. The van der Waals surface area contributed by atoms with E-state index in [0.717, 1.165) is 107 Å². The Balaban J connectivity index is 0.978. The maximum atomic E-state index is 3.57. The molecule has 0 amide bonds. The second kappa shape index (κ2) is 19.8. The van der Waals surface area contributed by atoms with Gasteiger partial charge in [-0.05, 0) is 199 Å². The van der Waals surface area contributed by atoms with Gasteiger partial charge < -0.3 is 0 Å². The summed E-state index contributed by atoms with van der Waals surface area (Å²) in [5, 5.41) is 0. The van der Waals surface area contributed by atoms with Crippen molar-refractivity contribution in [3.8, 4) is 0 Å². The topological polar surface area (TPSA) is 6.48 Å². The van der Waals surface area contributed by atoms with Crippen LogP contribution in [-0.4, -0.2) is 46.1 Å². The molecule has 11 aliphatic rings. The van der Waals surface area contributed by atoms with E-state index in [2.05, 4.69) is 9.80 Å². The average molecular weight is 823 g/mol. The molecule has 11 fully saturated rings. The molecule has 0 bridgehead atoms. The molecular formula is C58H98N2. The standard InChI is InChI=1S/C58H98N2/c1-5-21-49(22-6-1)59(50-23-7-2-8-24-50)57-53-35-33-48(46-32-30-42-18-14-16-20-44(42)38-46)40-56(53)58(60(51-25-9-3-10-26-51)52-27-11-4-12-28-52)54-36-34-47(39-55(54)57)45-31-29-41-17-13-15-19-43(41)37-45/h41-58H,1-40H2. The zero-order valence-electron chi connectivity index (χ0n) is 39.6. The fourth-order valence-corrected chi connectivity index (χ4v) is 20.3. The third-order valence-corrected chi connectivity index (χ3v) is 22.9. The summed E-state index contributed by atoms with van der Waals surface area (Å²) in [5.74, 6) is 12.6.